The van der Waals surface area contributed by atoms with Gasteiger partial charge in [-0.15, -0.1) is 0 Å². The van der Waals surface area contributed by atoms with Gasteiger partial charge in [-0.2, -0.15) is 0 Å². The molecule has 0 fully saturated rings. The average molecular weight is 277 g/mol. The molecule has 2 nitrogen and oxygen atoms in total. The first-order chi connectivity index (χ1) is 8.88. The Labute approximate surface area is 119 Å². The van der Waals surface area contributed by atoms with Gasteiger partial charge in [-0.1, -0.05) is 39.0 Å². The lowest BCUT2D eigenvalue weighted by atomic mass is 9.77. The molecule has 1 aromatic rings. The van der Waals surface area contributed by atoms with Crippen LogP contribution in [0.2, 0.25) is 13.1 Å². The molecule has 19 heavy (non-hydrogen) atoms. The van der Waals surface area contributed by atoms with Crippen LogP contribution < -0.4 is 5.32 Å². The average Bonchev–Trinajstić information content (AvgIpc) is 2.34. The van der Waals surface area contributed by atoms with Crippen molar-refractivity contribution in [1.29, 1.82) is 0 Å². The first kappa shape index (κ1) is 14.6. The van der Waals surface area contributed by atoms with E-state index in [9.17, 15) is 0 Å². The molecule has 106 valence electrons. The highest BCUT2D eigenvalue weighted by atomic mass is 28.3. The van der Waals surface area contributed by atoms with E-state index in [1.165, 1.54) is 11.3 Å². The van der Waals surface area contributed by atoms with Crippen molar-refractivity contribution in [3.63, 3.8) is 0 Å². The normalized spacial score (nSPS) is 20.8. The number of hydrogen-bond donors (Lipinski definition) is 1. The fourth-order valence-corrected chi connectivity index (χ4v) is 4.21. The molecule has 0 saturated carbocycles. The van der Waals surface area contributed by atoms with Gasteiger partial charge in [-0.25, -0.2) is 0 Å². The smallest absolute Gasteiger partial charge is 0.171 e. The van der Waals surface area contributed by atoms with Crippen molar-refractivity contribution in [2.75, 3.05) is 11.9 Å². The summed E-state index contributed by atoms with van der Waals surface area (Å²) in [7, 11) is -1.01. The predicted octanol–water partition coefficient (Wildman–Crippen LogP) is 3.69. The minimum atomic E-state index is -1.01. The first-order valence-electron chi connectivity index (χ1n) is 7.35. The Hall–Kier alpha value is -0.803. The zero-order valence-electron chi connectivity index (χ0n) is 12.9. The quantitative estimate of drug-likeness (QED) is 0.851. The van der Waals surface area contributed by atoms with Crippen LogP contribution in [-0.4, -0.2) is 21.7 Å². The Morgan fingerprint density at radius 2 is 1.95 bits per heavy atom. The van der Waals surface area contributed by atoms with Crippen LogP contribution in [0.5, 0.6) is 0 Å². The monoisotopic (exact) mass is 277 g/mol. The number of nitrogens with one attached hydrogen (secondary N) is 1. The maximum absolute atomic E-state index is 6.37. The predicted molar refractivity (Wildman–Crippen MR) is 85.3 cm³/mol. The van der Waals surface area contributed by atoms with Gasteiger partial charge in [-0.05, 0) is 36.6 Å². The van der Waals surface area contributed by atoms with Crippen molar-refractivity contribution in [3.05, 3.63) is 29.8 Å². The molecule has 1 heterocycles. The fourth-order valence-electron chi connectivity index (χ4n) is 3.00. The van der Waals surface area contributed by atoms with Gasteiger partial charge in [0.1, 0.15) is 0 Å². The summed E-state index contributed by atoms with van der Waals surface area (Å²) in [4.78, 5) is 0. The molecule has 0 radical (unpaired) electrons. The summed E-state index contributed by atoms with van der Waals surface area (Å²) in [5.74, 6) is 0.574. The summed E-state index contributed by atoms with van der Waals surface area (Å²) in [5.41, 5.74) is 2.94. The zero-order chi connectivity index (χ0) is 14.0. The van der Waals surface area contributed by atoms with Crippen molar-refractivity contribution >= 4 is 14.7 Å². The lowest BCUT2D eigenvalue weighted by molar-refractivity contribution is 0.0364. The van der Waals surface area contributed by atoms with Crippen LogP contribution in [0.15, 0.2) is 24.3 Å². The van der Waals surface area contributed by atoms with E-state index in [0.29, 0.717) is 12.0 Å². The van der Waals surface area contributed by atoms with Gasteiger partial charge in [0.05, 0.1) is 6.10 Å². The van der Waals surface area contributed by atoms with Crippen LogP contribution in [0.4, 0.5) is 5.69 Å². The van der Waals surface area contributed by atoms with Crippen LogP contribution in [0.3, 0.4) is 0 Å². The molecule has 3 heteroatoms. The van der Waals surface area contributed by atoms with Crippen molar-refractivity contribution in [2.24, 2.45) is 11.3 Å². The molecule has 2 rings (SSSR count). The van der Waals surface area contributed by atoms with Gasteiger partial charge >= 0.3 is 0 Å². The van der Waals surface area contributed by atoms with Gasteiger partial charge in [-0.3, -0.25) is 0 Å². The fraction of sp³-hybridized carbons (Fsp3) is 0.625. The van der Waals surface area contributed by atoms with Crippen LogP contribution in [0.1, 0.15) is 26.3 Å². The van der Waals surface area contributed by atoms with Crippen molar-refractivity contribution in [3.8, 4) is 0 Å². The molecular formula is C16H27NOSi. The number of anilines is 1. The SMILES string of the molecule is C[SiH](C)OC(C1CNc2ccccc2C1)C(C)(C)C. The molecule has 2 unspecified atom stereocenters. The van der Waals surface area contributed by atoms with Crippen LogP contribution in [-0.2, 0) is 10.8 Å². The second-order valence-corrected chi connectivity index (χ2v) is 9.34. The zero-order valence-corrected chi connectivity index (χ0v) is 14.0. The second kappa shape index (κ2) is 5.67. The van der Waals surface area contributed by atoms with Crippen LogP contribution in [0.25, 0.3) is 0 Å². The largest absolute Gasteiger partial charge is 0.417 e. The van der Waals surface area contributed by atoms with E-state index in [1.807, 2.05) is 0 Å². The van der Waals surface area contributed by atoms with Crippen LogP contribution in [0, 0.1) is 11.3 Å². The van der Waals surface area contributed by atoms with E-state index < -0.39 is 9.04 Å². The first-order valence-corrected chi connectivity index (χ1v) is 10.1. The summed E-state index contributed by atoms with van der Waals surface area (Å²) < 4.78 is 6.37. The van der Waals surface area contributed by atoms with Gasteiger partial charge in [0.25, 0.3) is 0 Å². The molecule has 1 aliphatic rings. The highest BCUT2D eigenvalue weighted by Gasteiger charge is 2.35. The Morgan fingerprint density at radius 1 is 1.26 bits per heavy atom. The van der Waals surface area contributed by atoms with Gasteiger partial charge in [0.2, 0.25) is 0 Å². The summed E-state index contributed by atoms with van der Waals surface area (Å²) in [6.07, 6.45) is 1.48. The van der Waals surface area contributed by atoms with E-state index in [-0.39, 0.29) is 5.41 Å². The molecular weight excluding hydrogens is 250 g/mol. The third-order valence-corrected chi connectivity index (χ3v) is 4.59. The Kier molecular flexibility index (Phi) is 4.36. The Bertz CT molecular complexity index is 425. The van der Waals surface area contributed by atoms with Gasteiger partial charge in [0, 0.05) is 18.2 Å². The number of para-hydroxylation sites is 1. The molecule has 1 N–H and O–H groups in total. The maximum atomic E-state index is 6.37. The highest BCUT2D eigenvalue weighted by Crippen LogP contribution is 2.34. The molecule has 2 atom stereocenters. The van der Waals surface area contributed by atoms with Crippen molar-refractivity contribution in [1.82, 2.24) is 0 Å². The minimum absolute atomic E-state index is 0.204. The van der Waals surface area contributed by atoms with Crippen molar-refractivity contribution < 1.29 is 4.43 Å². The highest BCUT2D eigenvalue weighted by molar-refractivity contribution is 6.48. The Morgan fingerprint density at radius 3 is 2.58 bits per heavy atom. The molecule has 0 spiro atoms. The summed E-state index contributed by atoms with van der Waals surface area (Å²) in [5, 5.41) is 3.57. The second-order valence-electron chi connectivity index (χ2n) is 6.97. The van der Waals surface area contributed by atoms with E-state index in [4.69, 9.17) is 4.43 Å². The molecule has 0 bridgehead atoms. The third kappa shape index (κ3) is 3.60. The number of fused-ring (bicyclic) bond motifs is 1. The standard InChI is InChI=1S/C16H27NOSi/c1-16(2,3)15(18-19(4)5)13-10-12-8-6-7-9-14(12)17-11-13/h6-9,13,15,17,19H,10-11H2,1-5H3. The maximum Gasteiger partial charge on any atom is 0.171 e. The minimum Gasteiger partial charge on any atom is -0.417 e. The molecule has 0 saturated heterocycles. The van der Waals surface area contributed by atoms with E-state index in [0.717, 1.165) is 13.0 Å². The molecule has 0 aromatic heterocycles. The van der Waals surface area contributed by atoms with Crippen LogP contribution >= 0.6 is 0 Å². The lowest BCUT2D eigenvalue weighted by Crippen LogP contribution is -2.44. The van der Waals surface area contributed by atoms with Gasteiger partial charge < -0.3 is 9.74 Å². The van der Waals surface area contributed by atoms with E-state index >= 15 is 0 Å². The summed E-state index contributed by atoms with van der Waals surface area (Å²) in [6.45, 7) is 12.5. The molecule has 0 amide bonds. The molecule has 0 aliphatic carbocycles. The topological polar surface area (TPSA) is 21.3 Å². The van der Waals surface area contributed by atoms with E-state index in [2.05, 4.69) is 63.4 Å². The van der Waals surface area contributed by atoms with E-state index in [1.54, 1.807) is 0 Å². The number of rotatable bonds is 3. The molecule has 1 aliphatic heterocycles. The molecule has 1 aromatic carbocycles. The van der Waals surface area contributed by atoms with Gasteiger partial charge in [0.15, 0.2) is 9.04 Å². The third-order valence-electron chi connectivity index (χ3n) is 3.75. The number of benzene rings is 1. The summed E-state index contributed by atoms with van der Waals surface area (Å²) in [6, 6.07) is 8.65. The van der Waals surface area contributed by atoms with Crippen molar-refractivity contribution in [2.45, 2.75) is 46.4 Å². The lowest BCUT2D eigenvalue weighted by Gasteiger charge is -2.41. The Balaban J connectivity index is 2.16. The summed E-state index contributed by atoms with van der Waals surface area (Å²) >= 11 is 0. The number of hydrogen-bond acceptors (Lipinski definition) is 2.